The Balaban J connectivity index is 1.52. The van der Waals surface area contributed by atoms with Gasteiger partial charge in [0.25, 0.3) is 0 Å². The van der Waals surface area contributed by atoms with Crippen LogP contribution in [0.3, 0.4) is 0 Å². The second-order valence-electron chi connectivity index (χ2n) is 7.36. The Morgan fingerprint density at radius 3 is 2.80 bits per heavy atom. The van der Waals surface area contributed by atoms with Crippen molar-refractivity contribution in [2.75, 3.05) is 11.4 Å². The van der Waals surface area contributed by atoms with E-state index in [4.69, 9.17) is 0 Å². The lowest BCUT2D eigenvalue weighted by atomic mass is 9.97. The molecule has 3 heterocycles. The molecule has 1 aliphatic heterocycles. The summed E-state index contributed by atoms with van der Waals surface area (Å²) in [5.41, 5.74) is 1.21. The zero-order chi connectivity index (χ0) is 20.6. The van der Waals surface area contributed by atoms with Gasteiger partial charge in [-0.3, -0.25) is 0 Å². The summed E-state index contributed by atoms with van der Waals surface area (Å²) in [6.45, 7) is 0.965. The largest absolute Gasteiger partial charge is 0.350 e. The van der Waals surface area contributed by atoms with Gasteiger partial charge in [-0.05, 0) is 65.0 Å². The third kappa shape index (κ3) is 3.57. The van der Waals surface area contributed by atoms with Crippen LogP contribution in [-0.4, -0.2) is 29.3 Å². The molecule has 1 unspecified atom stereocenters. The molecule has 0 N–H and O–H groups in total. The molecule has 8 heteroatoms. The van der Waals surface area contributed by atoms with Crippen molar-refractivity contribution >= 4 is 38.0 Å². The number of sulfone groups is 1. The quantitative estimate of drug-likeness (QED) is 0.461. The highest BCUT2D eigenvalue weighted by Crippen LogP contribution is 2.38. The monoisotopic (exact) mass is 436 g/mol. The van der Waals surface area contributed by atoms with Crippen LogP contribution in [0.5, 0.6) is 0 Å². The molecule has 1 fully saturated rings. The molecule has 1 saturated heterocycles. The van der Waals surface area contributed by atoms with Crippen LogP contribution in [0, 0.1) is 0 Å². The Bertz CT molecular complexity index is 1280. The molecule has 1 aliphatic rings. The van der Waals surface area contributed by atoms with Gasteiger partial charge in [0, 0.05) is 12.7 Å². The van der Waals surface area contributed by atoms with E-state index in [2.05, 4.69) is 25.3 Å². The van der Waals surface area contributed by atoms with Gasteiger partial charge in [-0.15, -0.1) is 0 Å². The molecular weight excluding hydrogens is 416 g/mol. The van der Waals surface area contributed by atoms with E-state index in [0.29, 0.717) is 9.90 Å². The van der Waals surface area contributed by atoms with Crippen molar-refractivity contribution in [3.8, 4) is 0 Å². The number of aromatic nitrogens is 3. The fourth-order valence-corrected chi connectivity index (χ4v) is 6.30. The summed E-state index contributed by atoms with van der Waals surface area (Å²) >= 11 is 1.11. The van der Waals surface area contributed by atoms with Crippen LogP contribution in [0.4, 0.5) is 5.82 Å². The Morgan fingerprint density at radius 2 is 2.00 bits per heavy atom. The van der Waals surface area contributed by atoms with Crippen molar-refractivity contribution in [1.82, 2.24) is 14.3 Å². The molecular formula is C22H20N4O2S2. The summed E-state index contributed by atoms with van der Waals surface area (Å²) in [7, 11) is -3.47. The first-order valence-corrected chi connectivity index (χ1v) is 12.2. The minimum atomic E-state index is -3.47. The molecule has 5 rings (SSSR count). The lowest BCUT2D eigenvalue weighted by Crippen LogP contribution is -2.23. The lowest BCUT2D eigenvalue weighted by Gasteiger charge is -2.27. The molecule has 30 heavy (non-hydrogen) atoms. The maximum atomic E-state index is 12.8. The summed E-state index contributed by atoms with van der Waals surface area (Å²) < 4.78 is 29.6. The fraction of sp³-hybridized carbons (Fsp3) is 0.227. The molecule has 0 spiro atoms. The molecule has 1 atom stereocenters. The number of rotatable bonds is 5. The summed E-state index contributed by atoms with van der Waals surface area (Å²) in [5.74, 6) is 0.854. The Kier molecular flexibility index (Phi) is 4.96. The first-order chi connectivity index (χ1) is 14.6. The average Bonchev–Trinajstić information content (AvgIpc) is 3.45. The van der Waals surface area contributed by atoms with Gasteiger partial charge in [-0.1, -0.05) is 30.3 Å². The first-order valence-electron chi connectivity index (χ1n) is 9.80. The van der Waals surface area contributed by atoms with Crippen LogP contribution >= 0.6 is 11.5 Å². The van der Waals surface area contributed by atoms with Crippen molar-refractivity contribution in [1.29, 1.82) is 0 Å². The van der Waals surface area contributed by atoms with Gasteiger partial charge >= 0.3 is 0 Å². The molecule has 4 aromatic rings. The minimum absolute atomic E-state index is 0.126. The number of nitrogens with zero attached hydrogens (tertiary/aromatic N) is 4. The molecule has 0 aliphatic carbocycles. The third-order valence-corrected chi connectivity index (χ3v) is 7.99. The van der Waals surface area contributed by atoms with Gasteiger partial charge in [-0.2, -0.15) is 4.37 Å². The van der Waals surface area contributed by atoms with E-state index < -0.39 is 9.84 Å². The maximum absolute atomic E-state index is 12.8. The van der Waals surface area contributed by atoms with E-state index in [1.54, 1.807) is 12.1 Å². The summed E-state index contributed by atoms with van der Waals surface area (Å²) in [4.78, 5) is 11.2. The third-order valence-electron chi connectivity index (χ3n) is 5.52. The molecule has 0 radical (unpaired) electrons. The van der Waals surface area contributed by atoms with E-state index in [1.807, 2.05) is 42.6 Å². The van der Waals surface area contributed by atoms with Crippen LogP contribution in [0.1, 0.15) is 29.5 Å². The van der Waals surface area contributed by atoms with Gasteiger partial charge in [0.05, 0.1) is 10.9 Å². The standard InChI is InChI=1S/C22H20N4O2S2/c27-30(28,14-22-24-15-25-29-22)17-9-10-18-16(13-17)5-3-6-19(18)20-7-4-12-26(20)21-8-1-2-11-23-21/h1-3,5-6,8-11,13,15,20H,4,7,12,14H2. The van der Waals surface area contributed by atoms with E-state index >= 15 is 0 Å². The summed E-state index contributed by atoms with van der Waals surface area (Å²) in [6, 6.07) is 17.8. The normalized spacial score (nSPS) is 16.9. The molecule has 0 bridgehead atoms. The molecule has 0 amide bonds. The van der Waals surface area contributed by atoms with Gasteiger partial charge in [0.2, 0.25) is 0 Å². The van der Waals surface area contributed by atoms with Crippen LogP contribution in [0.15, 0.2) is 72.0 Å². The number of hydrogen-bond donors (Lipinski definition) is 0. The first kappa shape index (κ1) is 19.1. The molecule has 152 valence electrons. The van der Waals surface area contributed by atoms with Crippen LogP contribution in [0.2, 0.25) is 0 Å². The minimum Gasteiger partial charge on any atom is -0.350 e. The topological polar surface area (TPSA) is 76.1 Å². The van der Waals surface area contributed by atoms with Crippen molar-refractivity contribution in [2.45, 2.75) is 29.5 Å². The van der Waals surface area contributed by atoms with Crippen molar-refractivity contribution in [2.24, 2.45) is 0 Å². The molecule has 2 aromatic carbocycles. The molecule has 2 aromatic heterocycles. The molecule has 6 nitrogen and oxygen atoms in total. The summed E-state index contributed by atoms with van der Waals surface area (Å²) in [6.07, 6.45) is 5.36. The van der Waals surface area contributed by atoms with Crippen LogP contribution in [0.25, 0.3) is 10.8 Å². The fourth-order valence-electron chi connectivity index (χ4n) is 4.16. The Labute approximate surface area is 179 Å². The number of pyridine rings is 1. The highest BCUT2D eigenvalue weighted by atomic mass is 32.2. The predicted octanol–water partition coefficient (Wildman–Crippen LogP) is 4.40. The van der Waals surface area contributed by atoms with Crippen LogP contribution < -0.4 is 4.90 Å². The highest BCUT2D eigenvalue weighted by molar-refractivity contribution is 7.90. The number of fused-ring (bicyclic) bond motifs is 1. The van der Waals surface area contributed by atoms with Crippen molar-refractivity contribution in [3.63, 3.8) is 0 Å². The summed E-state index contributed by atoms with van der Waals surface area (Å²) in [5, 5.41) is 2.51. The van der Waals surface area contributed by atoms with E-state index in [0.717, 1.165) is 47.5 Å². The van der Waals surface area contributed by atoms with E-state index in [1.165, 1.54) is 11.9 Å². The van der Waals surface area contributed by atoms with Crippen molar-refractivity contribution < 1.29 is 8.42 Å². The van der Waals surface area contributed by atoms with Gasteiger partial charge in [-0.25, -0.2) is 18.4 Å². The second-order valence-corrected chi connectivity index (χ2v) is 10.2. The van der Waals surface area contributed by atoms with Gasteiger partial charge in [0.1, 0.15) is 22.9 Å². The lowest BCUT2D eigenvalue weighted by molar-refractivity contribution is 0.595. The van der Waals surface area contributed by atoms with Crippen LogP contribution in [-0.2, 0) is 15.6 Å². The number of hydrogen-bond acceptors (Lipinski definition) is 7. The van der Waals surface area contributed by atoms with Gasteiger partial charge in [0.15, 0.2) is 9.84 Å². The predicted molar refractivity (Wildman–Crippen MR) is 118 cm³/mol. The van der Waals surface area contributed by atoms with Crippen molar-refractivity contribution in [3.05, 3.63) is 77.7 Å². The SMILES string of the molecule is O=S(=O)(Cc1ncns1)c1ccc2c(C3CCCN3c3ccccn3)cccc2c1. The maximum Gasteiger partial charge on any atom is 0.184 e. The second kappa shape index (κ2) is 7.77. The zero-order valence-corrected chi connectivity index (χ0v) is 17.8. The number of anilines is 1. The zero-order valence-electron chi connectivity index (χ0n) is 16.2. The van der Waals surface area contributed by atoms with E-state index in [-0.39, 0.29) is 11.8 Å². The molecule has 0 saturated carbocycles. The Hall–Kier alpha value is -2.84. The average molecular weight is 437 g/mol. The smallest absolute Gasteiger partial charge is 0.184 e. The van der Waals surface area contributed by atoms with E-state index in [9.17, 15) is 8.42 Å². The van der Waals surface area contributed by atoms with Gasteiger partial charge < -0.3 is 4.90 Å². The number of benzene rings is 2. The Morgan fingerprint density at radius 1 is 1.07 bits per heavy atom. The highest BCUT2D eigenvalue weighted by Gasteiger charge is 2.28.